The summed E-state index contributed by atoms with van der Waals surface area (Å²) in [7, 11) is 1.59. The molecular formula is C18H17FN2O2. The van der Waals surface area contributed by atoms with Gasteiger partial charge in [-0.25, -0.2) is 4.39 Å². The van der Waals surface area contributed by atoms with Crippen LogP contribution >= 0.6 is 0 Å². The Labute approximate surface area is 133 Å². The van der Waals surface area contributed by atoms with Crippen LogP contribution in [0.15, 0.2) is 42.5 Å². The molecule has 2 N–H and O–H groups in total. The van der Waals surface area contributed by atoms with Crippen molar-refractivity contribution in [3.05, 3.63) is 65.1 Å². The van der Waals surface area contributed by atoms with E-state index in [0.29, 0.717) is 16.9 Å². The lowest BCUT2D eigenvalue weighted by molar-refractivity contribution is 0.0951. The van der Waals surface area contributed by atoms with Crippen LogP contribution in [0, 0.1) is 12.7 Å². The number of benzene rings is 2. The van der Waals surface area contributed by atoms with Crippen molar-refractivity contribution in [3.8, 4) is 5.75 Å². The van der Waals surface area contributed by atoms with E-state index in [9.17, 15) is 9.18 Å². The average molecular weight is 312 g/mol. The van der Waals surface area contributed by atoms with Gasteiger partial charge in [-0.2, -0.15) is 0 Å². The second kappa shape index (κ2) is 6.12. The Morgan fingerprint density at radius 2 is 2.00 bits per heavy atom. The molecule has 3 rings (SSSR count). The van der Waals surface area contributed by atoms with Gasteiger partial charge in [0.1, 0.15) is 11.6 Å². The van der Waals surface area contributed by atoms with Gasteiger partial charge in [-0.3, -0.25) is 4.79 Å². The van der Waals surface area contributed by atoms with Crippen molar-refractivity contribution in [2.75, 3.05) is 7.11 Å². The number of H-pyrrole nitrogens is 1. The predicted molar refractivity (Wildman–Crippen MR) is 87.2 cm³/mol. The van der Waals surface area contributed by atoms with Crippen LogP contribution in [-0.2, 0) is 6.54 Å². The Morgan fingerprint density at radius 3 is 2.74 bits per heavy atom. The van der Waals surface area contributed by atoms with E-state index in [1.807, 2.05) is 25.1 Å². The molecule has 1 aromatic heterocycles. The topological polar surface area (TPSA) is 54.1 Å². The number of aromatic nitrogens is 1. The number of carbonyl (C=O) groups excluding carboxylic acids is 1. The molecule has 0 saturated heterocycles. The van der Waals surface area contributed by atoms with Gasteiger partial charge in [0.2, 0.25) is 0 Å². The molecule has 1 amide bonds. The summed E-state index contributed by atoms with van der Waals surface area (Å²) in [5, 5.41) is 3.56. The fourth-order valence-corrected chi connectivity index (χ4v) is 2.69. The molecule has 4 nitrogen and oxygen atoms in total. The first-order valence-electron chi connectivity index (χ1n) is 7.28. The minimum atomic E-state index is -0.329. The number of fused-ring (bicyclic) bond motifs is 1. The number of hydrogen-bond acceptors (Lipinski definition) is 2. The molecular weight excluding hydrogens is 295 g/mol. The first-order chi connectivity index (χ1) is 11.1. The number of rotatable bonds is 4. The van der Waals surface area contributed by atoms with Crippen LogP contribution in [0.1, 0.15) is 21.6 Å². The number of aryl methyl sites for hydroxylation is 1. The largest absolute Gasteiger partial charge is 0.495 e. The van der Waals surface area contributed by atoms with Gasteiger partial charge in [0.05, 0.1) is 18.2 Å². The van der Waals surface area contributed by atoms with Crippen LogP contribution in [0.2, 0.25) is 0 Å². The molecule has 2 aromatic carbocycles. The summed E-state index contributed by atoms with van der Waals surface area (Å²) in [6.45, 7) is 1.97. The van der Waals surface area contributed by atoms with Gasteiger partial charge in [0, 0.05) is 23.2 Å². The van der Waals surface area contributed by atoms with Gasteiger partial charge in [0.25, 0.3) is 5.91 Å². The molecule has 1 heterocycles. The molecule has 0 unspecified atom stereocenters. The summed E-state index contributed by atoms with van der Waals surface area (Å²) in [6.07, 6.45) is 0. The number of methoxy groups -OCH3 is 1. The highest BCUT2D eigenvalue weighted by Gasteiger charge is 2.18. The lowest BCUT2D eigenvalue weighted by Crippen LogP contribution is -2.23. The van der Waals surface area contributed by atoms with Crippen LogP contribution in [0.5, 0.6) is 5.75 Å². The molecule has 0 aliphatic heterocycles. The van der Waals surface area contributed by atoms with E-state index in [2.05, 4.69) is 10.3 Å². The Balaban J connectivity index is 1.89. The standard InChI is InChI=1S/C18H17FN2O2/c1-11-16(13-7-5-9-15(23-2)17(13)21-11)18(22)20-10-12-6-3-4-8-14(12)19/h3-9,21H,10H2,1-2H3,(H,20,22). The van der Waals surface area contributed by atoms with Crippen molar-refractivity contribution in [2.45, 2.75) is 13.5 Å². The van der Waals surface area contributed by atoms with Gasteiger partial charge in [-0.1, -0.05) is 30.3 Å². The second-order valence-electron chi connectivity index (χ2n) is 5.28. The smallest absolute Gasteiger partial charge is 0.253 e. The Morgan fingerprint density at radius 1 is 1.22 bits per heavy atom. The lowest BCUT2D eigenvalue weighted by atomic mass is 10.1. The Bertz CT molecular complexity index is 871. The molecule has 23 heavy (non-hydrogen) atoms. The van der Waals surface area contributed by atoms with Crippen molar-refractivity contribution in [3.63, 3.8) is 0 Å². The van der Waals surface area contributed by atoms with Crippen LogP contribution in [0.25, 0.3) is 10.9 Å². The van der Waals surface area contributed by atoms with E-state index in [1.54, 1.807) is 25.3 Å². The van der Waals surface area contributed by atoms with E-state index >= 15 is 0 Å². The first kappa shape index (κ1) is 15.1. The highest BCUT2D eigenvalue weighted by Crippen LogP contribution is 2.29. The highest BCUT2D eigenvalue weighted by atomic mass is 19.1. The third kappa shape index (κ3) is 2.77. The number of ether oxygens (including phenoxy) is 1. The average Bonchev–Trinajstić information content (AvgIpc) is 2.89. The molecule has 0 atom stereocenters. The number of nitrogens with one attached hydrogen (secondary N) is 2. The van der Waals surface area contributed by atoms with Crippen LogP contribution in [-0.4, -0.2) is 18.0 Å². The molecule has 5 heteroatoms. The van der Waals surface area contributed by atoms with Crippen molar-refractivity contribution in [2.24, 2.45) is 0 Å². The second-order valence-corrected chi connectivity index (χ2v) is 5.28. The number of aromatic amines is 1. The van der Waals surface area contributed by atoms with Crippen molar-refractivity contribution in [1.82, 2.24) is 10.3 Å². The maximum absolute atomic E-state index is 13.6. The quantitative estimate of drug-likeness (QED) is 0.774. The summed E-state index contributed by atoms with van der Waals surface area (Å²) >= 11 is 0. The van der Waals surface area contributed by atoms with Gasteiger partial charge in [0.15, 0.2) is 0 Å². The van der Waals surface area contributed by atoms with Crippen LogP contribution in [0.4, 0.5) is 4.39 Å². The number of para-hydroxylation sites is 1. The first-order valence-corrected chi connectivity index (χ1v) is 7.28. The van der Waals surface area contributed by atoms with E-state index in [1.165, 1.54) is 6.07 Å². The third-order valence-corrected chi connectivity index (χ3v) is 3.83. The normalized spacial score (nSPS) is 10.7. The molecule has 0 aliphatic rings. The summed E-state index contributed by atoms with van der Waals surface area (Å²) in [6, 6.07) is 11.9. The number of halogens is 1. The van der Waals surface area contributed by atoms with E-state index in [-0.39, 0.29) is 18.3 Å². The highest BCUT2D eigenvalue weighted by molar-refractivity contribution is 6.09. The van der Waals surface area contributed by atoms with E-state index in [4.69, 9.17) is 4.74 Å². The van der Waals surface area contributed by atoms with Crippen LogP contribution in [0.3, 0.4) is 0 Å². The van der Waals surface area contributed by atoms with Gasteiger partial charge >= 0.3 is 0 Å². The minimum absolute atomic E-state index is 0.140. The molecule has 3 aromatic rings. The zero-order valence-corrected chi connectivity index (χ0v) is 12.9. The van der Waals surface area contributed by atoms with E-state index < -0.39 is 0 Å². The minimum Gasteiger partial charge on any atom is -0.495 e. The zero-order valence-electron chi connectivity index (χ0n) is 12.9. The fourth-order valence-electron chi connectivity index (χ4n) is 2.69. The molecule has 0 saturated carbocycles. The maximum Gasteiger partial charge on any atom is 0.253 e. The molecule has 0 bridgehead atoms. The molecule has 0 spiro atoms. The number of hydrogen-bond donors (Lipinski definition) is 2. The zero-order chi connectivity index (χ0) is 16.4. The van der Waals surface area contributed by atoms with Crippen molar-refractivity contribution in [1.29, 1.82) is 0 Å². The van der Waals surface area contributed by atoms with Gasteiger partial charge < -0.3 is 15.0 Å². The summed E-state index contributed by atoms with van der Waals surface area (Å²) in [5.74, 6) is 0.106. The lowest BCUT2D eigenvalue weighted by Gasteiger charge is -2.07. The number of carbonyl (C=O) groups is 1. The summed E-state index contributed by atoms with van der Waals surface area (Å²) in [5.41, 5.74) is 2.53. The Hall–Kier alpha value is -2.82. The number of amides is 1. The predicted octanol–water partition coefficient (Wildman–Crippen LogP) is 3.55. The monoisotopic (exact) mass is 312 g/mol. The van der Waals surface area contributed by atoms with Crippen LogP contribution < -0.4 is 10.1 Å². The molecule has 0 aliphatic carbocycles. The molecule has 0 fully saturated rings. The summed E-state index contributed by atoms with van der Waals surface area (Å²) in [4.78, 5) is 15.7. The third-order valence-electron chi connectivity index (χ3n) is 3.83. The van der Waals surface area contributed by atoms with Crippen molar-refractivity contribution >= 4 is 16.8 Å². The van der Waals surface area contributed by atoms with Gasteiger partial charge in [-0.15, -0.1) is 0 Å². The van der Waals surface area contributed by atoms with Gasteiger partial charge in [-0.05, 0) is 19.1 Å². The van der Waals surface area contributed by atoms with Crippen molar-refractivity contribution < 1.29 is 13.9 Å². The van der Waals surface area contributed by atoms with E-state index in [0.717, 1.165) is 16.6 Å². The molecule has 0 radical (unpaired) electrons. The molecule has 118 valence electrons. The summed E-state index contributed by atoms with van der Waals surface area (Å²) < 4.78 is 18.9. The Kier molecular flexibility index (Phi) is 4.02. The SMILES string of the molecule is COc1cccc2c(C(=O)NCc3ccccc3F)c(C)[nH]c12. The maximum atomic E-state index is 13.6. The fraction of sp³-hybridized carbons (Fsp3) is 0.167.